The van der Waals surface area contributed by atoms with E-state index in [0.717, 1.165) is 17.1 Å². The van der Waals surface area contributed by atoms with Crippen LogP contribution in [0, 0.1) is 0 Å². The second-order valence-electron chi connectivity index (χ2n) is 4.17. The lowest BCUT2D eigenvalue weighted by Crippen LogP contribution is -2.27. The van der Waals surface area contributed by atoms with Crippen molar-refractivity contribution >= 4 is 9.84 Å². The van der Waals surface area contributed by atoms with Crippen LogP contribution in [0.5, 0.6) is 0 Å². The lowest BCUT2D eigenvalue weighted by molar-refractivity contribution is -0.180. The van der Waals surface area contributed by atoms with Gasteiger partial charge < -0.3 is 0 Å². The summed E-state index contributed by atoms with van der Waals surface area (Å²) in [6, 6.07) is 1.02. The van der Waals surface area contributed by atoms with Crippen LogP contribution in [0.2, 0.25) is 0 Å². The fraction of sp³-hybridized carbons (Fsp3) is 0.400. The minimum absolute atomic E-state index is 0.0682. The summed E-state index contributed by atoms with van der Waals surface area (Å²) in [6.45, 7) is 0. The number of sulfone groups is 1. The van der Waals surface area contributed by atoms with Crippen LogP contribution in [0.1, 0.15) is 6.42 Å². The molecule has 0 radical (unpaired) electrons. The molecular weight excluding hydrogens is 330 g/mol. The molecule has 7 nitrogen and oxygen atoms in total. The van der Waals surface area contributed by atoms with Gasteiger partial charge in [0.2, 0.25) is 0 Å². The van der Waals surface area contributed by atoms with E-state index in [2.05, 4.69) is 20.1 Å². The normalized spacial score (nSPS) is 14.0. The average molecular weight is 339 g/mol. The zero-order chi connectivity index (χ0) is 16.4. The predicted octanol–water partition coefficient (Wildman–Crippen LogP) is 1.12. The Kier molecular flexibility index (Phi) is 4.39. The van der Waals surface area contributed by atoms with Gasteiger partial charge in [0.05, 0.1) is 5.75 Å². The number of hydrogen-bond acceptors (Lipinski definition) is 6. The Balaban J connectivity index is 2.18. The van der Waals surface area contributed by atoms with E-state index in [1.54, 1.807) is 0 Å². The molecule has 22 heavy (non-hydrogen) atoms. The maximum Gasteiger partial charge on any atom is 0.419 e. The number of aromatic nitrogens is 5. The first-order valence-corrected chi connectivity index (χ1v) is 7.46. The molecule has 0 bridgehead atoms. The number of rotatable bonds is 5. The highest BCUT2D eigenvalue weighted by Gasteiger charge is 2.40. The third kappa shape index (κ3) is 3.75. The van der Waals surface area contributed by atoms with Crippen LogP contribution < -0.4 is 0 Å². The fourth-order valence-corrected chi connectivity index (χ4v) is 2.70. The van der Waals surface area contributed by atoms with E-state index in [4.69, 9.17) is 0 Å². The average Bonchev–Trinajstić information content (AvgIpc) is 2.98. The molecule has 0 N–H and O–H groups in total. The quantitative estimate of drug-likeness (QED) is 0.599. The predicted molar refractivity (Wildman–Crippen MR) is 64.6 cm³/mol. The molecule has 0 saturated carbocycles. The molecule has 0 aliphatic heterocycles. The molecule has 0 aromatic carbocycles. The van der Waals surface area contributed by atoms with Gasteiger partial charge in [-0.2, -0.15) is 18.3 Å². The summed E-state index contributed by atoms with van der Waals surface area (Å²) in [4.78, 5) is 10.9. The molecule has 12 heteroatoms. The van der Waals surface area contributed by atoms with Gasteiger partial charge in [-0.3, -0.25) is 0 Å². The summed E-state index contributed by atoms with van der Waals surface area (Å²) >= 11 is 0. The van der Waals surface area contributed by atoms with Gasteiger partial charge >= 0.3 is 6.18 Å². The van der Waals surface area contributed by atoms with Gasteiger partial charge in [-0.15, -0.1) is 0 Å². The molecule has 2 aromatic heterocycles. The lowest BCUT2D eigenvalue weighted by atomic mass is 10.3. The van der Waals surface area contributed by atoms with Crippen molar-refractivity contribution in [2.24, 2.45) is 0 Å². The molecule has 0 saturated heterocycles. The summed E-state index contributed by atoms with van der Waals surface area (Å²) in [5.74, 6) is -0.958. The van der Waals surface area contributed by atoms with Crippen LogP contribution in [0.25, 0.3) is 5.82 Å². The van der Waals surface area contributed by atoms with Gasteiger partial charge in [0.15, 0.2) is 26.9 Å². The first-order chi connectivity index (χ1) is 10.2. The Morgan fingerprint density at radius 1 is 1.23 bits per heavy atom. The van der Waals surface area contributed by atoms with Gasteiger partial charge in [-0.05, 0) is 0 Å². The van der Waals surface area contributed by atoms with Crippen molar-refractivity contribution in [1.29, 1.82) is 0 Å². The molecule has 120 valence electrons. The van der Waals surface area contributed by atoms with Crippen LogP contribution in [0.3, 0.4) is 0 Å². The fourth-order valence-electron chi connectivity index (χ4n) is 1.48. The molecule has 1 unspecified atom stereocenters. The monoisotopic (exact) mass is 339 g/mol. The van der Waals surface area contributed by atoms with Crippen LogP contribution in [-0.4, -0.2) is 51.3 Å². The number of alkyl halides is 4. The van der Waals surface area contributed by atoms with Crippen LogP contribution in [-0.2, 0) is 9.84 Å². The molecule has 0 spiro atoms. The summed E-state index contributed by atoms with van der Waals surface area (Å²) in [6.07, 6.45) is -6.14. The first kappa shape index (κ1) is 16.3. The second-order valence-corrected chi connectivity index (χ2v) is 6.23. The Morgan fingerprint density at radius 3 is 2.55 bits per heavy atom. The maximum atomic E-state index is 12.8. The molecular formula is C10H9F4N5O2S. The van der Waals surface area contributed by atoms with E-state index in [9.17, 15) is 26.0 Å². The smallest absolute Gasteiger partial charge is 0.237 e. The van der Waals surface area contributed by atoms with Gasteiger partial charge in [0.1, 0.15) is 19.0 Å². The minimum atomic E-state index is -5.09. The van der Waals surface area contributed by atoms with Crippen molar-refractivity contribution in [3.05, 3.63) is 25.0 Å². The second kappa shape index (κ2) is 5.94. The summed E-state index contributed by atoms with van der Waals surface area (Å²) in [5.41, 5.74) is 0. The van der Waals surface area contributed by atoms with Crippen LogP contribution in [0.15, 0.2) is 30.1 Å². The highest BCUT2D eigenvalue weighted by atomic mass is 32.2. The van der Waals surface area contributed by atoms with Gasteiger partial charge in [-0.25, -0.2) is 32.4 Å². The van der Waals surface area contributed by atoms with Gasteiger partial charge in [0.25, 0.3) is 0 Å². The van der Waals surface area contributed by atoms with E-state index < -0.39 is 39.4 Å². The van der Waals surface area contributed by atoms with E-state index in [-0.39, 0.29) is 5.82 Å². The van der Waals surface area contributed by atoms with Crippen molar-refractivity contribution in [2.75, 3.05) is 5.75 Å². The molecule has 0 aliphatic carbocycles. The largest absolute Gasteiger partial charge is 0.419 e. The summed E-state index contributed by atoms with van der Waals surface area (Å²) in [5, 5.41) is 3.22. The Labute approximate surface area is 122 Å². The molecule has 0 fully saturated rings. The van der Waals surface area contributed by atoms with Crippen LogP contribution in [0.4, 0.5) is 17.6 Å². The summed E-state index contributed by atoms with van der Waals surface area (Å²) < 4.78 is 74.0. The zero-order valence-corrected chi connectivity index (χ0v) is 11.6. The zero-order valence-electron chi connectivity index (χ0n) is 10.8. The van der Waals surface area contributed by atoms with E-state index in [0.29, 0.717) is 0 Å². The van der Waals surface area contributed by atoms with Crippen molar-refractivity contribution in [2.45, 2.75) is 23.8 Å². The highest BCUT2D eigenvalue weighted by molar-refractivity contribution is 7.91. The first-order valence-electron chi connectivity index (χ1n) is 5.81. The molecule has 2 heterocycles. The molecule has 2 aromatic rings. The highest BCUT2D eigenvalue weighted by Crippen LogP contribution is 2.26. The van der Waals surface area contributed by atoms with E-state index in [1.807, 2.05) is 0 Å². The van der Waals surface area contributed by atoms with Crippen LogP contribution >= 0.6 is 0 Å². The van der Waals surface area contributed by atoms with E-state index >= 15 is 0 Å². The molecule has 1 atom stereocenters. The lowest BCUT2D eigenvalue weighted by Gasteiger charge is -2.12. The number of hydrogen-bond donors (Lipinski definition) is 0. The Bertz CT molecular complexity index is 732. The van der Waals surface area contributed by atoms with Crippen molar-refractivity contribution < 1.29 is 26.0 Å². The number of halogens is 4. The standard InChI is InChI=1S/C10H9F4N5O2S/c11-7(10(12,13)14)1-2-22(20,21)9-3-8(16-5-17-9)19-6-15-4-18-19/h3-7H,1-2H2. The topological polar surface area (TPSA) is 90.6 Å². The van der Waals surface area contributed by atoms with Gasteiger partial charge in [0, 0.05) is 12.5 Å². The molecule has 2 rings (SSSR count). The SMILES string of the molecule is O=S(=O)(CCC(F)C(F)(F)F)c1cc(-n2cncn2)ncn1. The van der Waals surface area contributed by atoms with Crippen molar-refractivity contribution in [1.82, 2.24) is 24.7 Å². The van der Waals surface area contributed by atoms with Gasteiger partial charge in [-0.1, -0.05) is 0 Å². The number of nitrogens with zero attached hydrogens (tertiary/aromatic N) is 5. The third-order valence-corrected chi connectivity index (χ3v) is 4.23. The van der Waals surface area contributed by atoms with Crippen molar-refractivity contribution in [3.63, 3.8) is 0 Å². The third-order valence-electron chi connectivity index (χ3n) is 2.59. The summed E-state index contributed by atoms with van der Waals surface area (Å²) in [7, 11) is -4.18. The molecule has 0 aliphatic rings. The Hall–Kier alpha value is -2.11. The Morgan fingerprint density at radius 2 is 1.95 bits per heavy atom. The van der Waals surface area contributed by atoms with Crippen molar-refractivity contribution in [3.8, 4) is 5.82 Å². The van der Waals surface area contributed by atoms with E-state index in [1.165, 1.54) is 12.7 Å². The maximum absolute atomic E-state index is 12.8. The molecule has 0 amide bonds. The minimum Gasteiger partial charge on any atom is -0.237 e.